The van der Waals surface area contributed by atoms with E-state index in [1.54, 1.807) is 17.9 Å². The van der Waals surface area contributed by atoms with Gasteiger partial charge in [0.25, 0.3) is 5.56 Å². The number of hydrogen-bond acceptors (Lipinski definition) is 4. The van der Waals surface area contributed by atoms with E-state index in [0.29, 0.717) is 36.5 Å². The second-order valence-electron chi connectivity index (χ2n) is 8.43. The van der Waals surface area contributed by atoms with Crippen LogP contribution in [0.2, 0.25) is 0 Å². The number of piperidine rings is 1. The first-order chi connectivity index (χ1) is 15.0. The molecule has 0 radical (unpaired) electrons. The lowest BCUT2D eigenvalue weighted by atomic mass is 9.90. The highest BCUT2D eigenvalue weighted by Crippen LogP contribution is 2.22. The van der Waals surface area contributed by atoms with E-state index in [-0.39, 0.29) is 11.5 Å². The van der Waals surface area contributed by atoms with Gasteiger partial charge in [0.15, 0.2) is 11.2 Å². The summed E-state index contributed by atoms with van der Waals surface area (Å²) >= 11 is 0. The lowest BCUT2D eigenvalue weighted by Crippen LogP contribution is -2.39. The Balaban J connectivity index is 1.30. The number of rotatable bonds is 6. The van der Waals surface area contributed by atoms with E-state index in [2.05, 4.69) is 29.2 Å². The third kappa shape index (κ3) is 4.33. The van der Waals surface area contributed by atoms with Gasteiger partial charge in [-0.2, -0.15) is 0 Å². The molecule has 0 atom stereocenters. The summed E-state index contributed by atoms with van der Waals surface area (Å²) in [6.45, 7) is 2.14. The maximum absolute atomic E-state index is 12.7. The normalized spacial score (nSPS) is 15.0. The molecule has 1 fully saturated rings. The molecule has 8 nitrogen and oxygen atoms in total. The van der Waals surface area contributed by atoms with Crippen molar-refractivity contribution in [2.24, 2.45) is 20.0 Å². The van der Waals surface area contributed by atoms with Crippen LogP contribution in [0.5, 0.6) is 0 Å². The molecule has 0 unspecified atom stereocenters. The first-order valence-corrected chi connectivity index (χ1v) is 10.9. The molecule has 0 bridgehead atoms. The molecule has 8 heteroatoms. The van der Waals surface area contributed by atoms with Gasteiger partial charge in [0.2, 0.25) is 5.91 Å². The first-order valence-electron chi connectivity index (χ1n) is 10.9. The average molecular weight is 424 g/mol. The zero-order valence-corrected chi connectivity index (χ0v) is 18.2. The molecule has 31 heavy (non-hydrogen) atoms. The number of carbonyl (C=O) groups is 1. The first kappa shape index (κ1) is 21.1. The Morgan fingerprint density at radius 1 is 1.06 bits per heavy atom. The smallest absolute Gasteiger partial charge is 0.332 e. The predicted molar refractivity (Wildman–Crippen MR) is 119 cm³/mol. The van der Waals surface area contributed by atoms with Crippen molar-refractivity contribution < 1.29 is 4.79 Å². The van der Waals surface area contributed by atoms with Gasteiger partial charge in [0.1, 0.15) is 0 Å². The maximum atomic E-state index is 12.7. The summed E-state index contributed by atoms with van der Waals surface area (Å²) in [5, 5.41) is 0. The topological polar surface area (TPSA) is 82.1 Å². The van der Waals surface area contributed by atoms with Crippen molar-refractivity contribution in [3.63, 3.8) is 0 Å². The summed E-state index contributed by atoms with van der Waals surface area (Å²) in [6, 6.07) is 10.5. The van der Waals surface area contributed by atoms with Crippen LogP contribution in [0.15, 0.2) is 46.2 Å². The van der Waals surface area contributed by atoms with Crippen LogP contribution >= 0.6 is 0 Å². The largest absolute Gasteiger partial charge is 0.343 e. The minimum atomic E-state index is -0.395. The number of amides is 1. The minimum Gasteiger partial charge on any atom is -0.343 e. The number of carbonyl (C=O) groups excluding carboxylic acids is 1. The molecule has 0 saturated carbocycles. The molecule has 164 valence electrons. The number of likely N-dealkylation sites (tertiary alicyclic amines) is 1. The Kier molecular flexibility index (Phi) is 6.06. The summed E-state index contributed by atoms with van der Waals surface area (Å²) in [5.74, 6) is 0.800. The van der Waals surface area contributed by atoms with Crippen molar-refractivity contribution in [1.82, 2.24) is 23.6 Å². The van der Waals surface area contributed by atoms with Gasteiger partial charge < -0.3 is 9.47 Å². The number of aryl methyl sites for hydroxylation is 2. The van der Waals surface area contributed by atoms with Crippen molar-refractivity contribution in [2.45, 2.75) is 38.6 Å². The second kappa shape index (κ2) is 8.91. The van der Waals surface area contributed by atoms with Crippen molar-refractivity contribution in [3.8, 4) is 0 Å². The van der Waals surface area contributed by atoms with E-state index < -0.39 is 5.69 Å². The van der Waals surface area contributed by atoms with E-state index >= 15 is 0 Å². The average Bonchev–Trinajstić information content (AvgIpc) is 3.21. The van der Waals surface area contributed by atoms with Gasteiger partial charge in [-0.1, -0.05) is 30.3 Å². The number of fused-ring (bicyclic) bond motifs is 1. The van der Waals surface area contributed by atoms with Crippen molar-refractivity contribution in [3.05, 3.63) is 63.1 Å². The summed E-state index contributed by atoms with van der Waals surface area (Å²) in [7, 11) is 3.07. The molecule has 0 aliphatic carbocycles. The molecule has 3 aromatic rings. The SMILES string of the molecule is Cn1c(=O)c2c(ncn2CCCC(=O)N2CCC(Cc3ccccc3)CC2)n(C)c1=O. The van der Waals surface area contributed by atoms with Crippen LogP contribution in [-0.2, 0) is 31.9 Å². The Bertz CT molecular complexity index is 1180. The minimum absolute atomic E-state index is 0.169. The fourth-order valence-electron chi connectivity index (χ4n) is 4.46. The lowest BCUT2D eigenvalue weighted by Gasteiger charge is -2.32. The van der Waals surface area contributed by atoms with Crippen LogP contribution in [0.1, 0.15) is 31.2 Å². The number of aromatic nitrogens is 4. The number of imidazole rings is 1. The summed E-state index contributed by atoms with van der Waals surface area (Å²) < 4.78 is 4.21. The van der Waals surface area contributed by atoms with Gasteiger partial charge in [-0.05, 0) is 37.2 Å². The molecular weight excluding hydrogens is 394 g/mol. The summed E-state index contributed by atoms with van der Waals surface area (Å²) in [5.41, 5.74) is 1.39. The Hall–Kier alpha value is -3.16. The zero-order valence-electron chi connectivity index (χ0n) is 18.2. The van der Waals surface area contributed by atoms with Crippen LogP contribution in [0.25, 0.3) is 11.2 Å². The molecule has 0 N–H and O–H groups in total. The number of hydrogen-bond donors (Lipinski definition) is 0. The van der Waals surface area contributed by atoms with Crippen LogP contribution in [0.4, 0.5) is 0 Å². The molecule has 2 aromatic heterocycles. The summed E-state index contributed by atoms with van der Waals surface area (Å²) in [6.07, 6.45) is 5.79. The predicted octanol–water partition coefficient (Wildman–Crippen LogP) is 1.70. The molecule has 1 amide bonds. The monoisotopic (exact) mass is 423 g/mol. The van der Waals surface area contributed by atoms with E-state index in [9.17, 15) is 14.4 Å². The van der Waals surface area contributed by atoms with Crippen LogP contribution in [-0.4, -0.2) is 42.6 Å². The highest BCUT2D eigenvalue weighted by Gasteiger charge is 2.23. The van der Waals surface area contributed by atoms with Crippen LogP contribution in [0.3, 0.4) is 0 Å². The van der Waals surface area contributed by atoms with Gasteiger partial charge in [-0.15, -0.1) is 0 Å². The fourth-order valence-corrected chi connectivity index (χ4v) is 4.46. The van der Waals surface area contributed by atoms with E-state index in [1.807, 2.05) is 11.0 Å². The molecule has 3 heterocycles. The maximum Gasteiger partial charge on any atom is 0.332 e. The number of nitrogens with zero attached hydrogens (tertiary/aromatic N) is 5. The molecule has 1 aliphatic heterocycles. The van der Waals surface area contributed by atoms with Crippen molar-refractivity contribution in [2.75, 3.05) is 13.1 Å². The second-order valence-corrected chi connectivity index (χ2v) is 8.43. The highest BCUT2D eigenvalue weighted by molar-refractivity contribution is 5.76. The van der Waals surface area contributed by atoms with Crippen molar-refractivity contribution >= 4 is 17.1 Å². The van der Waals surface area contributed by atoms with E-state index in [4.69, 9.17) is 0 Å². The molecular formula is C23H29N5O3. The molecule has 0 spiro atoms. The number of benzene rings is 1. The van der Waals surface area contributed by atoms with E-state index in [1.165, 1.54) is 17.2 Å². The standard InChI is InChI=1S/C23H29N5O3/c1-25-21-20(22(30)26(2)23(25)31)28(16-24-21)12-6-9-19(29)27-13-10-18(11-14-27)15-17-7-4-3-5-8-17/h3-5,7-8,16,18H,6,9-15H2,1-2H3. The third-order valence-electron chi connectivity index (χ3n) is 6.34. The summed E-state index contributed by atoms with van der Waals surface area (Å²) in [4.78, 5) is 43.4. The van der Waals surface area contributed by atoms with Crippen LogP contribution in [0, 0.1) is 5.92 Å². The quantitative estimate of drug-likeness (QED) is 0.604. The molecule has 1 aliphatic rings. The van der Waals surface area contributed by atoms with Gasteiger partial charge in [0.05, 0.1) is 6.33 Å². The van der Waals surface area contributed by atoms with Crippen molar-refractivity contribution in [1.29, 1.82) is 0 Å². The van der Waals surface area contributed by atoms with Gasteiger partial charge in [0, 0.05) is 40.2 Å². The molecule has 4 rings (SSSR count). The third-order valence-corrected chi connectivity index (χ3v) is 6.34. The van der Waals surface area contributed by atoms with E-state index in [0.717, 1.165) is 36.9 Å². The molecule has 1 saturated heterocycles. The van der Waals surface area contributed by atoms with Gasteiger partial charge in [-0.25, -0.2) is 9.78 Å². The molecule has 1 aromatic carbocycles. The van der Waals surface area contributed by atoms with Gasteiger partial charge >= 0.3 is 5.69 Å². The zero-order chi connectivity index (χ0) is 22.0. The highest BCUT2D eigenvalue weighted by atomic mass is 16.2. The fraction of sp³-hybridized carbons (Fsp3) is 0.478. The van der Waals surface area contributed by atoms with Gasteiger partial charge in [-0.3, -0.25) is 18.7 Å². The Morgan fingerprint density at radius 2 is 1.77 bits per heavy atom. The van der Waals surface area contributed by atoms with Crippen LogP contribution < -0.4 is 11.2 Å². The Morgan fingerprint density at radius 3 is 2.48 bits per heavy atom. The Labute approximate surface area is 180 Å². The lowest BCUT2D eigenvalue weighted by molar-refractivity contribution is -0.132.